The van der Waals surface area contributed by atoms with Gasteiger partial charge in [-0.2, -0.15) is 11.3 Å². The Kier molecular flexibility index (Phi) is 2.80. The summed E-state index contributed by atoms with van der Waals surface area (Å²) in [6.07, 6.45) is 0. The van der Waals surface area contributed by atoms with E-state index in [0.717, 1.165) is 11.8 Å². The van der Waals surface area contributed by atoms with Gasteiger partial charge in [-0.15, -0.1) is 0 Å². The van der Waals surface area contributed by atoms with Gasteiger partial charge in [0.15, 0.2) is 0 Å². The van der Waals surface area contributed by atoms with Crippen molar-refractivity contribution in [3.8, 4) is 0 Å². The Morgan fingerprint density at radius 3 is 2.94 bits per heavy atom. The molecule has 3 heteroatoms. The van der Waals surface area contributed by atoms with Crippen LogP contribution in [0.3, 0.4) is 0 Å². The van der Waals surface area contributed by atoms with E-state index >= 15 is 0 Å². The number of rotatable bonds is 2. The molecule has 3 unspecified atom stereocenters. The van der Waals surface area contributed by atoms with E-state index in [4.69, 9.17) is 0 Å². The average molecular weight is 250 g/mol. The minimum Gasteiger partial charge on any atom is -0.316 e. The highest BCUT2D eigenvalue weighted by Gasteiger charge is 2.50. The van der Waals surface area contributed by atoms with Gasteiger partial charge in [-0.3, -0.25) is 4.90 Å². The summed E-state index contributed by atoms with van der Waals surface area (Å²) in [4.78, 5) is 2.71. The molecule has 0 bridgehead atoms. The molecule has 3 atom stereocenters. The minimum absolute atomic E-state index is 0.329. The fraction of sp³-hybridized carbons (Fsp3) is 0.714. The van der Waals surface area contributed by atoms with Gasteiger partial charge in [0.05, 0.1) is 0 Å². The van der Waals surface area contributed by atoms with Crippen molar-refractivity contribution in [3.63, 3.8) is 0 Å². The van der Waals surface area contributed by atoms with Crippen LogP contribution in [0.1, 0.15) is 32.4 Å². The Morgan fingerprint density at radius 1 is 1.47 bits per heavy atom. The van der Waals surface area contributed by atoms with E-state index in [2.05, 4.69) is 47.8 Å². The zero-order chi connectivity index (χ0) is 12.0. The number of hydrogen-bond acceptors (Lipinski definition) is 3. The first kappa shape index (κ1) is 11.7. The van der Waals surface area contributed by atoms with Crippen molar-refractivity contribution in [1.29, 1.82) is 0 Å². The molecule has 0 radical (unpaired) electrons. The van der Waals surface area contributed by atoms with Crippen LogP contribution in [0, 0.1) is 11.8 Å². The Bertz CT molecular complexity index is 385. The van der Waals surface area contributed by atoms with E-state index in [9.17, 15) is 0 Å². The van der Waals surface area contributed by atoms with Crippen molar-refractivity contribution in [2.24, 2.45) is 11.8 Å². The van der Waals surface area contributed by atoms with Crippen molar-refractivity contribution in [3.05, 3.63) is 22.4 Å². The van der Waals surface area contributed by atoms with Gasteiger partial charge in [0, 0.05) is 24.7 Å². The number of likely N-dealkylation sites (tertiary alicyclic amines) is 1. The molecule has 0 aromatic carbocycles. The molecule has 2 nitrogen and oxygen atoms in total. The first-order valence-electron chi connectivity index (χ1n) is 6.60. The molecular weight excluding hydrogens is 228 g/mol. The number of hydrogen-bond donors (Lipinski definition) is 1. The second-order valence-electron chi connectivity index (χ2n) is 6.06. The first-order chi connectivity index (χ1) is 8.10. The third-order valence-corrected chi connectivity index (χ3v) is 5.61. The molecule has 0 aliphatic carbocycles. The third-order valence-electron chi connectivity index (χ3n) is 4.91. The summed E-state index contributed by atoms with van der Waals surface area (Å²) in [7, 11) is 0. The molecular formula is C14H22N2S. The van der Waals surface area contributed by atoms with Crippen molar-refractivity contribution in [1.82, 2.24) is 10.2 Å². The molecule has 3 heterocycles. The average Bonchev–Trinajstić information content (AvgIpc) is 2.97. The normalized spacial score (nSPS) is 33.8. The summed E-state index contributed by atoms with van der Waals surface area (Å²) >= 11 is 1.81. The third kappa shape index (κ3) is 1.76. The lowest BCUT2D eigenvalue weighted by Crippen LogP contribution is -2.45. The molecule has 3 rings (SSSR count). The molecule has 2 aliphatic heterocycles. The molecule has 17 heavy (non-hydrogen) atoms. The highest BCUT2D eigenvalue weighted by molar-refractivity contribution is 7.07. The Hall–Kier alpha value is -0.380. The SMILES string of the molecule is CC(c1ccsc1)N1CC2CNCC2C1(C)C. The van der Waals surface area contributed by atoms with Crippen LogP contribution in [0.15, 0.2) is 16.8 Å². The number of fused-ring (bicyclic) bond motifs is 1. The van der Waals surface area contributed by atoms with Crippen LogP contribution in [-0.2, 0) is 0 Å². The van der Waals surface area contributed by atoms with Crippen LogP contribution in [0.25, 0.3) is 0 Å². The fourth-order valence-corrected chi connectivity index (χ4v) is 4.55. The Balaban J connectivity index is 1.85. The van der Waals surface area contributed by atoms with Crippen molar-refractivity contribution < 1.29 is 0 Å². The van der Waals surface area contributed by atoms with Crippen molar-refractivity contribution in [2.45, 2.75) is 32.4 Å². The maximum absolute atomic E-state index is 3.55. The predicted molar refractivity (Wildman–Crippen MR) is 73.4 cm³/mol. The maximum atomic E-state index is 3.55. The lowest BCUT2D eigenvalue weighted by Gasteiger charge is -2.39. The highest BCUT2D eigenvalue weighted by Crippen LogP contribution is 2.44. The topological polar surface area (TPSA) is 15.3 Å². The fourth-order valence-electron chi connectivity index (χ4n) is 3.80. The van der Waals surface area contributed by atoms with Gasteiger partial charge in [-0.1, -0.05) is 0 Å². The van der Waals surface area contributed by atoms with Gasteiger partial charge in [-0.05, 0) is 61.5 Å². The molecule has 0 spiro atoms. The summed E-state index contributed by atoms with van der Waals surface area (Å²) < 4.78 is 0. The number of thiophene rings is 1. The monoisotopic (exact) mass is 250 g/mol. The lowest BCUT2D eigenvalue weighted by molar-refractivity contribution is 0.0973. The largest absolute Gasteiger partial charge is 0.316 e. The van der Waals surface area contributed by atoms with E-state index in [1.54, 1.807) is 0 Å². The lowest BCUT2D eigenvalue weighted by atomic mass is 9.84. The van der Waals surface area contributed by atoms with Crippen LogP contribution in [0.4, 0.5) is 0 Å². The van der Waals surface area contributed by atoms with E-state index in [1.807, 2.05) is 11.3 Å². The summed E-state index contributed by atoms with van der Waals surface area (Å²) in [5, 5.41) is 8.04. The van der Waals surface area contributed by atoms with Crippen LogP contribution in [-0.4, -0.2) is 30.1 Å². The zero-order valence-corrected chi connectivity index (χ0v) is 11.8. The van der Waals surface area contributed by atoms with Gasteiger partial charge >= 0.3 is 0 Å². The summed E-state index contributed by atoms with van der Waals surface area (Å²) in [5.41, 5.74) is 1.81. The molecule has 1 aromatic rings. The summed E-state index contributed by atoms with van der Waals surface area (Å²) in [5.74, 6) is 1.68. The standard InChI is InChI=1S/C14H22N2S/c1-10(11-4-5-17-9-11)16-8-12-6-15-7-13(12)14(16,2)3/h4-5,9-10,12-13,15H,6-8H2,1-3H3. The van der Waals surface area contributed by atoms with E-state index in [1.165, 1.54) is 25.2 Å². The molecule has 0 amide bonds. The zero-order valence-electron chi connectivity index (χ0n) is 10.9. The van der Waals surface area contributed by atoms with Crippen LogP contribution in [0.2, 0.25) is 0 Å². The van der Waals surface area contributed by atoms with Gasteiger partial charge in [0.25, 0.3) is 0 Å². The van der Waals surface area contributed by atoms with E-state index < -0.39 is 0 Å². The van der Waals surface area contributed by atoms with Crippen LogP contribution >= 0.6 is 11.3 Å². The highest BCUT2D eigenvalue weighted by atomic mass is 32.1. The van der Waals surface area contributed by atoms with E-state index in [0.29, 0.717) is 11.6 Å². The molecule has 0 saturated carbocycles. The predicted octanol–water partition coefficient (Wildman–Crippen LogP) is 2.74. The molecule has 2 aliphatic rings. The molecule has 2 fully saturated rings. The maximum Gasteiger partial charge on any atom is 0.0333 e. The number of nitrogens with one attached hydrogen (secondary N) is 1. The van der Waals surface area contributed by atoms with Gasteiger partial charge < -0.3 is 5.32 Å². The Morgan fingerprint density at radius 2 is 2.29 bits per heavy atom. The van der Waals surface area contributed by atoms with Gasteiger partial charge in [0.2, 0.25) is 0 Å². The van der Waals surface area contributed by atoms with Crippen molar-refractivity contribution in [2.75, 3.05) is 19.6 Å². The van der Waals surface area contributed by atoms with Gasteiger partial charge in [-0.25, -0.2) is 0 Å². The molecule has 94 valence electrons. The number of nitrogens with zero attached hydrogens (tertiary/aromatic N) is 1. The summed E-state index contributed by atoms with van der Waals surface area (Å²) in [6, 6.07) is 2.83. The quantitative estimate of drug-likeness (QED) is 0.868. The molecule has 1 aromatic heterocycles. The van der Waals surface area contributed by atoms with Crippen LogP contribution in [0.5, 0.6) is 0 Å². The minimum atomic E-state index is 0.329. The first-order valence-corrected chi connectivity index (χ1v) is 7.54. The second kappa shape index (κ2) is 4.08. The second-order valence-corrected chi connectivity index (χ2v) is 6.84. The smallest absolute Gasteiger partial charge is 0.0333 e. The Labute approximate surface area is 108 Å². The van der Waals surface area contributed by atoms with Crippen LogP contribution < -0.4 is 5.32 Å². The van der Waals surface area contributed by atoms with Gasteiger partial charge in [0.1, 0.15) is 0 Å². The molecule has 2 saturated heterocycles. The molecule has 1 N–H and O–H groups in total. The van der Waals surface area contributed by atoms with Crippen molar-refractivity contribution >= 4 is 11.3 Å². The van der Waals surface area contributed by atoms with E-state index in [-0.39, 0.29) is 0 Å². The summed E-state index contributed by atoms with van der Waals surface area (Å²) in [6.45, 7) is 10.9.